The van der Waals surface area contributed by atoms with E-state index in [0.29, 0.717) is 17.4 Å². The summed E-state index contributed by atoms with van der Waals surface area (Å²) in [4.78, 5) is 0. The minimum absolute atomic E-state index is 0.366. The van der Waals surface area contributed by atoms with Crippen molar-refractivity contribution >= 4 is 17.5 Å². The second-order valence-corrected chi connectivity index (χ2v) is 3.22. The van der Waals surface area contributed by atoms with Crippen LogP contribution in [0, 0.1) is 0 Å². The molecule has 0 bridgehead atoms. The summed E-state index contributed by atoms with van der Waals surface area (Å²) >= 11 is 4.84. The molecule has 0 aromatic carbocycles. The fourth-order valence-corrected chi connectivity index (χ4v) is 0.944. The van der Waals surface area contributed by atoms with Crippen LogP contribution < -0.4 is 0 Å². The molecule has 0 heterocycles. The van der Waals surface area contributed by atoms with E-state index in [1.54, 1.807) is 0 Å². The molecule has 0 radical (unpaired) electrons. The van der Waals surface area contributed by atoms with Crippen LogP contribution in [0.4, 0.5) is 0 Å². The lowest BCUT2D eigenvalue weighted by molar-refractivity contribution is 0.161. The van der Waals surface area contributed by atoms with Crippen molar-refractivity contribution in [1.29, 1.82) is 0 Å². The Labute approximate surface area is 65.5 Å². The zero-order chi connectivity index (χ0) is 6.97. The normalized spacial score (nSPS) is 24.0. The summed E-state index contributed by atoms with van der Waals surface area (Å²) in [5.41, 5.74) is 0. The van der Waals surface area contributed by atoms with Crippen LogP contribution in [0.3, 0.4) is 0 Å². The number of rotatable bonds is 2. The van der Waals surface area contributed by atoms with Gasteiger partial charge in [0.2, 0.25) is 0 Å². The maximum atomic E-state index is 5.22. The van der Waals surface area contributed by atoms with E-state index in [-0.39, 0.29) is 0 Å². The Morgan fingerprint density at radius 3 is 1.70 bits per heavy atom. The lowest BCUT2D eigenvalue weighted by Gasteiger charge is -2.05. The fraction of sp³-hybridized carbons (Fsp3) is 0.857. The van der Waals surface area contributed by atoms with Crippen molar-refractivity contribution in [2.75, 3.05) is 0 Å². The van der Waals surface area contributed by atoms with Crippen LogP contribution >= 0.6 is 12.2 Å². The van der Waals surface area contributed by atoms with Gasteiger partial charge in [0.05, 0.1) is 0 Å². The lowest BCUT2D eigenvalue weighted by atomic mass is 10.8. The standard InChI is InChI=1S/C7H10O2S/c10-7(8-5-1-2-5)9-6-3-4-6/h5-6H,1-4H2. The van der Waals surface area contributed by atoms with E-state index in [1.807, 2.05) is 0 Å². The van der Waals surface area contributed by atoms with Crippen molar-refractivity contribution in [3.05, 3.63) is 0 Å². The SMILES string of the molecule is S=C(OC1CC1)OC1CC1. The van der Waals surface area contributed by atoms with E-state index < -0.39 is 0 Å². The van der Waals surface area contributed by atoms with Crippen LogP contribution in [-0.4, -0.2) is 17.4 Å². The molecule has 0 spiro atoms. The number of ether oxygens (including phenoxy) is 2. The molecule has 0 aromatic heterocycles. The Balaban J connectivity index is 1.64. The molecule has 2 rings (SSSR count). The summed E-state index contributed by atoms with van der Waals surface area (Å²) < 4.78 is 10.4. The second-order valence-electron chi connectivity index (χ2n) is 2.88. The van der Waals surface area contributed by atoms with Crippen LogP contribution in [0.2, 0.25) is 0 Å². The Morgan fingerprint density at radius 2 is 1.40 bits per heavy atom. The summed E-state index contributed by atoms with van der Waals surface area (Å²) in [6, 6.07) is 0. The lowest BCUT2D eigenvalue weighted by Crippen LogP contribution is -2.09. The van der Waals surface area contributed by atoms with Crippen LogP contribution in [-0.2, 0) is 9.47 Å². The largest absolute Gasteiger partial charge is 0.454 e. The number of thiocarbonyl (C=S) groups is 1. The van der Waals surface area contributed by atoms with Crippen LogP contribution in [0.15, 0.2) is 0 Å². The average Bonchev–Trinajstić information content (AvgIpc) is 2.59. The number of hydrogen-bond acceptors (Lipinski definition) is 3. The van der Waals surface area contributed by atoms with Gasteiger partial charge in [-0.05, 0) is 25.7 Å². The smallest absolute Gasteiger partial charge is 0.352 e. The fourth-order valence-electron chi connectivity index (χ4n) is 0.672. The third-order valence-corrected chi connectivity index (χ3v) is 1.77. The van der Waals surface area contributed by atoms with Gasteiger partial charge in [-0.3, -0.25) is 0 Å². The molecular weight excluding hydrogens is 148 g/mol. The van der Waals surface area contributed by atoms with Crippen molar-refractivity contribution < 1.29 is 9.47 Å². The maximum absolute atomic E-state index is 5.22. The molecule has 2 aliphatic carbocycles. The van der Waals surface area contributed by atoms with Gasteiger partial charge < -0.3 is 9.47 Å². The van der Waals surface area contributed by atoms with Crippen LogP contribution in [0.1, 0.15) is 25.7 Å². The minimum atomic E-state index is 0.366. The van der Waals surface area contributed by atoms with Crippen molar-refractivity contribution in [3.63, 3.8) is 0 Å². The van der Waals surface area contributed by atoms with E-state index in [1.165, 1.54) is 0 Å². The zero-order valence-corrected chi connectivity index (χ0v) is 6.52. The summed E-state index contributed by atoms with van der Waals surface area (Å²) in [6.07, 6.45) is 5.35. The van der Waals surface area contributed by atoms with Crippen LogP contribution in [0.5, 0.6) is 0 Å². The zero-order valence-electron chi connectivity index (χ0n) is 5.71. The van der Waals surface area contributed by atoms with Gasteiger partial charge in [0.25, 0.3) is 0 Å². The van der Waals surface area contributed by atoms with Crippen molar-refractivity contribution in [2.45, 2.75) is 37.9 Å². The van der Waals surface area contributed by atoms with E-state index in [4.69, 9.17) is 21.7 Å². The predicted octanol–water partition coefficient (Wildman–Crippen LogP) is 1.63. The van der Waals surface area contributed by atoms with Crippen molar-refractivity contribution in [1.82, 2.24) is 0 Å². The highest BCUT2D eigenvalue weighted by Gasteiger charge is 2.29. The van der Waals surface area contributed by atoms with Gasteiger partial charge in [0.15, 0.2) is 0 Å². The Kier molecular flexibility index (Phi) is 1.52. The van der Waals surface area contributed by atoms with Gasteiger partial charge in [-0.2, -0.15) is 0 Å². The Hall–Kier alpha value is -0.310. The predicted molar refractivity (Wildman–Crippen MR) is 40.8 cm³/mol. The molecule has 0 amide bonds. The molecule has 0 atom stereocenters. The molecule has 0 aliphatic heterocycles. The van der Waals surface area contributed by atoms with E-state index in [9.17, 15) is 0 Å². The molecule has 10 heavy (non-hydrogen) atoms. The molecule has 3 heteroatoms. The number of hydrogen-bond donors (Lipinski definition) is 0. The quantitative estimate of drug-likeness (QED) is 0.569. The first-order valence-electron chi connectivity index (χ1n) is 3.72. The Bertz CT molecular complexity index is 134. The van der Waals surface area contributed by atoms with Gasteiger partial charge in [-0.25, -0.2) is 0 Å². The topological polar surface area (TPSA) is 18.5 Å². The Morgan fingerprint density at radius 1 is 1.00 bits per heavy atom. The average molecular weight is 158 g/mol. The minimum Gasteiger partial charge on any atom is -0.454 e. The molecule has 2 saturated carbocycles. The van der Waals surface area contributed by atoms with Crippen molar-refractivity contribution in [2.24, 2.45) is 0 Å². The van der Waals surface area contributed by atoms with Gasteiger partial charge in [-0.1, -0.05) is 0 Å². The first-order valence-corrected chi connectivity index (χ1v) is 4.13. The highest BCUT2D eigenvalue weighted by molar-refractivity contribution is 7.79. The van der Waals surface area contributed by atoms with E-state index in [2.05, 4.69) is 0 Å². The van der Waals surface area contributed by atoms with E-state index in [0.717, 1.165) is 25.7 Å². The molecule has 2 nitrogen and oxygen atoms in total. The third-order valence-electron chi connectivity index (χ3n) is 1.57. The first-order chi connectivity index (χ1) is 4.84. The molecule has 2 aliphatic rings. The molecule has 0 unspecified atom stereocenters. The highest BCUT2D eigenvalue weighted by atomic mass is 32.1. The third kappa shape index (κ3) is 1.84. The van der Waals surface area contributed by atoms with Gasteiger partial charge in [-0.15, -0.1) is 0 Å². The van der Waals surface area contributed by atoms with Gasteiger partial charge in [0.1, 0.15) is 12.2 Å². The summed E-state index contributed by atoms with van der Waals surface area (Å²) in [6.45, 7) is 0. The molecule has 0 saturated heterocycles. The molecule has 0 aromatic rings. The maximum Gasteiger partial charge on any atom is 0.352 e. The second kappa shape index (κ2) is 2.38. The van der Waals surface area contributed by atoms with E-state index >= 15 is 0 Å². The molecule has 2 fully saturated rings. The molecular formula is C7H10O2S. The summed E-state index contributed by atoms with van der Waals surface area (Å²) in [5, 5.41) is 0.366. The van der Waals surface area contributed by atoms with Gasteiger partial charge in [0, 0.05) is 12.2 Å². The monoisotopic (exact) mass is 158 g/mol. The van der Waals surface area contributed by atoms with Crippen LogP contribution in [0.25, 0.3) is 0 Å². The molecule has 56 valence electrons. The highest BCUT2D eigenvalue weighted by Crippen LogP contribution is 2.27. The van der Waals surface area contributed by atoms with Crippen molar-refractivity contribution in [3.8, 4) is 0 Å². The summed E-state index contributed by atoms with van der Waals surface area (Å²) in [5.74, 6) is 0. The summed E-state index contributed by atoms with van der Waals surface area (Å²) in [7, 11) is 0. The molecule has 0 N–H and O–H groups in total. The van der Waals surface area contributed by atoms with Gasteiger partial charge >= 0.3 is 5.24 Å². The first kappa shape index (κ1) is 6.40.